The van der Waals surface area contributed by atoms with Gasteiger partial charge in [-0.1, -0.05) is 12.1 Å². The monoisotopic (exact) mass is 303 g/mol. The summed E-state index contributed by atoms with van der Waals surface area (Å²) in [5.74, 6) is 0.996. The number of methoxy groups -OCH3 is 1. The Balaban J connectivity index is 1.85. The molecule has 0 aliphatic rings. The molecule has 0 aliphatic carbocycles. The SMILES string of the molecule is COc1ccc(Nc2nccc(-c3cccc(C#N)c3)n2)cn1. The van der Waals surface area contributed by atoms with Crippen molar-refractivity contribution in [3.05, 3.63) is 60.4 Å². The number of rotatable bonds is 4. The Labute approximate surface area is 133 Å². The lowest BCUT2D eigenvalue weighted by Gasteiger charge is -2.07. The average Bonchev–Trinajstić information content (AvgIpc) is 2.63. The maximum atomic E-state index is 8.99. The second-order valence-electron chi connectivity index (χ2n) is 4.67. The Bertz CT molecular complexity index is 855. The third-order valence-electron chi connectivity index (χ3n) is 3.14. The molecule has 1 aromatic carbocycles. The Kier molecular flexibility index (Phi) is 4.11. The number of benzene rings is 1. The number of hydrogen-bond acceptors (Lipinski definition) is 6. The molecule has 3 aromatic rings. The number of ether oxygens (including phenoxy) is 1. The first-order chi connectivity index (χ1) is 11.3. The van der Waals surface area contributed by atoms with Crippen molar-refractivity contribution >= 4 is 11.6 Å². The van der Waals surface area contributed by atoms with Gasteiger partial charge in [0.25, 0.3) is 0 Å². The van der Waals surface area contributed by atoms with Crippen molar-refractivity contribution in [3.63, 3.8) is 0 Å². The Morgan fingerprint density at radius 1 is 1.13 bits per heavy atom. The number of aromatic nitrogens is 3. The maximum absolute atomic E-state index is 8.99. The summed E-state index contributed by atoms with van der Waals surface area (Å²) in [7, 11) is 1.57. The van der Waals surface area contributed by atoms with Crippen LogP contribution in [-0.4, -0.2) is 22.1 Å². The minimum Gasteiger partial charge on any atom is -0.481 e. The normalized spacial score (nSPS) is 9.91. The van der Waals surface area contributed by atoms with Gasteiger partial charge >= 0.3 is 0 Å². The van der Waals surface area contributed by atoms with E-state index in [1.54, 1.807) is 43.8 Å². The molecule has 0 saturated heterocycles. The van der Waals surface area contributed by atoms with Crippen LogP contribution in [-0.2, 0) is 0 Å². The molecule has 3 rings (SSSR count). The number of pyridine rings is 1. The summed E-state index contributed by atoms with van der Waals surface area (Å²) in [5, 5.41) is 12.1. The van der Waals surface area contributed by atoms with E-state index in [-0.39, 0.29) is 0 Å². The highest BCUT2D eigenvalue weighted by Crippen LogP contribution is 2.20. The molecule has 6 heteroatoms. The minimum absolute atomic E-state index is 0.455. The first kappa shape index (κ1) is 14.5. The summed E-state index contributed by atoms with van der Waals surface area (Å²) >= 11 is 0. The van der Waals surface area contributed by atoms with E-state index in [0.717, 1.165) is 16.9 Å². The lowest BCUT2D eigenvalue weighted by atomic mass is 10.1. The fourth-order valence-corrected chi connectivity index (χ4v) is 2.03. The lowest BCUT2D eigenvalue weighted by Crippen LogP contribution is -1.98. The molecule has 0 saturated carbocycles. The van der Waals surface area contributed by atoms with Gasteiger partial charge in [-0.2, -0.15) is 5.26 Å². The van der Waals surface area contributed by atoms with E-state index in [0.29, 0.717) is 17.4 Å². The molecule has 2 aromatic heterocycles. The molecule has 0 atom stereocenters. The summed E-state index contributed by atoms with van der Waals surface area (Å²) in [6.45, 7) is 0. The third kappa shape index (κ3) is 3.41. The molecule has 6 nitrogen and oxygen atoms in total. The zero-order valence-corrected chi connectivity index (χ0v) is 12.4. The van der Waals surface area contributed by atoms with Crippen LogP contribution >= 0.6 is 0 Å². The standard InChI is InChI=1S/C17H13N5O/c1-23-16-6-5-14(11-20-16)21-17-19-8-7-15(22-17)13-4-2-3-12(9-13)10-18/h2-9,11H,1H3,(H,19,21,22). The van der Waals surface area contributed by atoms with Gasteiger partial charge in [-0.15, -0.1) is 0 Å². The molecule has 0 fully saturated rings. The third-order valence-corrected chi connectivity index (χ3v) is 3.14. The fourth-order valence-electron chi connectivity index (χ4n) is 2.03. The summed E-state index contributed by atoms with van der Waals surface area (Å²) in [6.07, 6.45) is 3.31. The van der Waals surface area contributed by atoms with Crippen LogP contribution in [0.15, 0.2) is 54.9 Å². The van der Waals surface area contributed by atoms with Crippen LogP contribution in [0.1, 0.15) is 5.56 Å². The summed E-state index contributed by atoms with van der Waals surface area (Å²) in [4.78, 5) is 12.8. The number of hydrogen-bond donors (Lipinski definition) is 1. The van der Waals surface area contributed by atoms with Crippen LogP contribution in [0.5, 0.6) is 5.88 Å². The highest BCUT2D eigenvalue weighted by atomic mass is 16.5. The van der Waals surface area contributed by atoms with Crippen LogP contribution < -0.4 is 10.1 Å². The molecule has 1 N–H and O–H groups in total. The number of nitriles is 1. The Morgan fingerprint density at radius 3 is 2.78 bits per heavy atom. The van der Waals surface area contributed by atoms with Gasteiger partial charge in [0, 0.05) is 17.8 Å². The molecular weight excluding hydrogens is 290 g/mol. The van der Waals surface area contributed by atoms with Crippen LogP contribution in [0, 0.1) is 11.3 Å². The van der Waals surface area contributed by atoms with E-state index in [9.17, 15) is 0 Å². The van der Waals surface area contributed by atoms with E-state index in [4.69, 9.17) is 10.00 Å². The zero-order valence-electron chi connectivity index (χ0n) is 12.4. The lowest BCUT2D eigenvalue weighted by molar-refractivity contribution is 0.398. The first-order valence-electron chi connectivity index (χ1n) is 6.89. The van der Waals surface area contributed by atoms with E-state index < -0.39 is 0 Å². The quantitative estimate of drug-likeness (QED) is 0.797. The molecule has 0 bridgehead atoms. The fraction of sp³-hybridized carbons (Fsp3) is 0.0588. The van der Waals surface area contributed by atoms with Gasteiger partial charge in [0.15, 0.2) is 0 Å². The number of nitrogens with zero attached hydrogens (tertiary/aromatic N) is 4. The summed E-state index contributed by atoms with van der Waals surface area (Å²) in [5.41, 5.74) is 2.95. The molecule has 0 aliphatic heterocycles. The molecule has 0 radical (unpaired) electrons. The molecule has 112 valence electrons. The van der Waals surface area contributed by atoms with E-state index in [1.807, 2.05) is 18.2 Å². The molecule has 0 unspecified atom stereocenters. The van der Waals surface area contributed by atoms with Crippen LogP contribution in [0.25, 0.3) is 11.3 Å². The highest BCUT2D eigenvalue weighted by Gasteiger charge is 2.04. The molecule has 0 amide bonds. The number of nitrogens with one attached hydrogen (secondary N) is 1. The molecule has 23 heavy (non-hydrogen) atoms. The van der Waals surface area contributed by atoms with Crippen molar-refractivity contribution < 1.29 is 4.74 Å². The second kappa shape index (κ2) is 6.54. The van der Waals surface area contributed by atoms with E-state index in [2.05, 4.69) is 26.3 Å². The average molecular weight is 303 g/mol. The van der Waals surface area contributed by atoms with Crippen molar-refractivity contribution in [1.82, 2.24) is 15.0 Å². The van der Waals surface area contributed by atoms with Gasteiger partial charge in [0.1, 0.15) is 0 Å². The van der Waals surface area contributed by atoms with Crippen LogP contribution in [0.4, 0.5) is 11.6 Å². The van der Waals surface area contributed by atoms with Crippen molar-refractivity contribution in [2.24, 2.45) is 0 Å². The van der Waals surface area contributed by atoms with Crippen LogP contribution in [0.3, 0.4) is 0 Å². The predicted molar refractivity (Wildman–Crippen MR) is 86.3 cm³/mol. The van der Waals surface area contributed by atoms with Crippen molar-refractivity contribution in [3.8, 4) is 23.2 Å². The van der Waals surface area contributed by atoms with Crippen molar-refractivity contribution in [1.29, 1.82) is 5.26 Å². The molecular formula is C17H13N5O. The van der Waals surface area contributed by atoms with Crippen molar-refractivity contribution in [2.45, 2.75) is 0 Å². The minimum atomic E-state index is 0.455. The van der Waals surface area contributed by atoms with Gasteiger partial charge < -0.3 is 10.1 Å². The number of anilines is 2. The second-order valence-corrected chi connectivity index (χ2v) is 4.67. The van der Waals surface area contributed by atoms with E-state index in [1.165, 1.54) is 0 Å². The van der Waals surface area contributed by atoms with Crippen molar-refractivity contribution in [2.75, 3.05) is 12.4 Å². The smallest absolute Gasteiger partial charge is 0.227 e. The van der Waals surface area contributed by atoms with Gasteiger partial charge in [-0.25, -0.2) is 15.0 Å². The van der Waals surface area contributed by atoms with E-state index >= 15 is 0 Å². The summed E-state index contributed by atoms with van der Waals surface area (Å²) in [6, 6.07) is 14.8. The summed E-state index contributed by atoms with van der Waals surface area (Å²) < 4.78 is 5.02. The van der Waals surface area contributed by atoms with Gasteiger partial charge in [-0.05, 0) is 24.3 Å². The van der Waals surface area contributed by atoms with Crippen LogP contribution in [0.2, 0.25) is 0 Å². The topological polar surface area (TPSA) is 83.7 Å². The van der Waals surface area contributed by atoms with Gasteiger partial charge in [-0.3, -0.25) is 0 Å². The largest absolute Gasteiger partial charge is 0.481 e. The Morgan fingerprint density at radius 2 is 2.04 bits per heavy atom. The Hall–Kier alpha value is -3.46. The maximum Gasteiger partial charge on any atom is 0.227 e. The molecule has 0 spiro atoms. The predicted octanol–water partition coefficient (Wildman–Crippen LogP) is 3.16. The van der Waals surface area contributed by atoms with Gasteiger partial charge in [0.2, 0.25) is 11.8 Å². The first-order valence-corrected chi connectivity index (χ1v) is 6.89. The molecule has 2 heterocycles. The highest BCUT2D eigenvalue weighted by molar-refractivity contribution is 5.63. The van der Waals surface area contributed by atoms with Gasteiger partial charge in [0.05, 0.1) is 36.3 Å². The zero-order chi connectivity index (χ0) is 16.1.